The zero-order valence-electron chi connectivity index (χ0n) is 12.6. The Labute approximate surface area is 130 Å². The fourth-order valence-corrected chi connectivity index (χ4v) is 2.72. The molecular weight excluding hydrogens is 294 g/mol. The Morgan fingerprint density at radius 2 is 1.91 bits per heavy atom. The summed E-state index contributed by atoms with van der Waals surface area (Å²) in [6.07, 6.45) is 1.70. The molecule has 23 heavy (non-hydrogen) atoms. The van der Waals surface area contributed by atoms with E-state index in [1.54, 1.807) is 44.7 Å². The van der Waals surface area contributed by atoms with E-state index in [2.05, 4.69) is 9.97 Å². The van der Waals surface area contributed by atoms with E-state index < -0.39 is 0 Å². The molecule has 114 valence electrons. The fraction of sp³-hybridized carbons (Fsp3) is 0.118. The highest BCUT2D eigenvalue weighted by atomic mass is 16.5. The Hall–Kier alpha value is -3.15. The summed E-state index contributed by atoms with van der Waals surface area (Å²) in [5.41, 5.74) is 1.42. The smallest absolute Gasteiger partial charge is 0.267 e. The van der Waals surface area contributed by atoms with Gasteiger partial charge in [0.15, 0.2) is 17.1 Å². The van der Waals surface area contributed by atoms with E-state index in [4.69, 9.17) is 9.47 Å². The van der Waals surface area contributed by atoms with E-state index in [1.165, 1.54) is 4.40 Å². The summed E-state index contributed by atoms with van der Waals surface area (Å²) in [6.45, 7) is 0. The fourth-order valence-electron chi connectivity index (χ4n) is 2.72. The molecule has 3 aromatic heterocycles. The van der Waals surface area contributed by atoms with Gasteiger partial charge in [-0.2, -0.15) is 0 Å². The Morgan fingerprint density at radius 3 is 2.70 bits per heavy atom. The first-order valence-corrected chi connectivity index (χ1v) is 7.06. The third kappa shape index (κ3) is 1.92. The molecule has 0 saturated carbocycles. The largest absolute Gasteiger partial charge is 0.493 e. The van der Waals surface area contributed by atoms with Crippen LogP contribution in [0.4, 0.5) is 0 Å². The molecule has 0 aliphatic rings. The second-order valence-electron chi connectivity index (χ2n) is 5.08. The summed E-state index contributed by atoms with van der Waals surface area (Å²) in [4.78, 5) is 21.6. The maximum Gasteiger partial charge on any atom is 0.267 e. The van der Waals surface area contributed by atoms with Crippen molar-refractivity contribution in [3.05, 3.63) is 52.9 Å². The summed E-state index contributed by atoms with van der Waals surface area (Å²) in [5, 5.41) is 1.26. The number of fused-ring (bicyclic) bond motifs is 3. The summed E-state index contributed by atoms with van der Waals surface area (Å²) in [7, 11) is 3.13. The van der Waals surface area contributed by atoms with Gasteiger partial charge >= 0.3 is 0 Å². The molecule has 0 aliphatic carbocycles. The molecule has 0 atom stereocenters. The molecule has 0 unspecified atom stereocenters. The van der Waals surface area contributed by atoms with Crippen LogP contribution >= 0.6 is 0 Å². The summed E-state index contributed by atoms with van der Waals surface area (Å²) in [6, 6.07) is 10.8. The first-order valence-electron chi connectivity index (χ1n) is 7.06. The Bertz CT molecular complexity index is 1120. The van der Waals surface area contributed by atoms with Crippen LogP contribution in [0, 0.1) is 0 Å². The number of ether oxygens (including phenoxy) is 2. The van der Waals surface area contributed by atoms with E-state index in [0.29, 0.717) is 33.7 Å². The van der Waals surface area contributed by atoms with Crippen molar-refractivity contribution in [2.24, 2.45) is 0 Å². The van der Waals surface area contributed by atoms with Gasteiger partial charge in [-0.25, -0.2) is 9.97 Å². The van der Waals surface area contributed by atoms with Gasteiger partial charge < -0.3 is 9.47 Å². The van der Waals surface area contributed by atoms with Gasteiger partial charge in [0.1, 0.15) is 11.2 Å². The maximum absolute atomic E-state index is 12.6. The van der Waals surface area contributed by atoms with Crippen LogP contribution in [0.5, 0.6) is 11.5 Å². The van der Waals surface area contributed by atoms with Crippen LogP contribution in [0.1, 0.15) is 0 Å². The maximum atomic E-state index is 12.6. The number of hydrogen-bond acceptors (Lipinski definition) is 5. The Morgan fingerprint density at radius 1 is 1.04 bits per heavy atom. The Kier molecular flexibility index (Phi) is 2.90. The van der Waals surface area contributed by atoms with Crippen molar-refractivity contribution in [3.8, 4) is 11.5 Å². The molecule has 6 nitrogen and oxygen atoms in total. The van der Waals surface area contributed by atoms with Gasteiger partial charge in [-0.3, -0.25) is 9.20 Å². The van der Waals surface area contributed by atoms with Crippen LogP contribution in [0.25, 0.3) is 27.6 Å². The molecule has 0 N–H and O–H groups in total. The zero-order valence-corrected chi connectivity index (χ0v) is 12.6. The second-order valence-corrected chi connectivity index (χ2v) is 5.08. The average molecular weight is 307 g/mol. The van der Waals surface area contributed by atoms with E-state index in [9.17, 15) is 4.79 Å². The molecule has 0 spiro atoms. The zero-order chi connectivity index (χ0) is 16.0. The molecule has 0 saturated heterocycles. The minimum atomic E-state index is -0.144. The SMILES string of the molecule is COc1ccc2cc3c(=O)n4ccccc4nc3nc2c1OC. The number of rotatable bonds is 2. The molecule has 0 fully saturated rings. The van der Waals surface area contributed by atoms with Crippen molar-refractivity contribution in [2.45, 2.75) is 0 Å². The minimum Gasteiger partial charge on any atom is -0.493 e. The Balaban J connectivity index is 2.19. The number of benzene rings is 1. The molecule has 4 rings (SSSR count). The molecular formula is C17H13N3O3. The van der Waals surface area contributed by atoms with E-state index >= 15 is 0 Å². The number of aromatic nitrogens is 3. The summed E-state index contributed by atoms with van der Waals surface area (Å²) < 4.78 is 12.2. The normalized spacial score (nSPS) is 11.2. The first kappa shape index (κ1) is 13.5. The van der Waals surface area contributed by atoms with Crippen molar-refractivity contribution in [2.75, 3.05) is 14.2 Å². The molecule has 0 bridgehead atoms. The molecule has 0 aliphatic heterocycles. The van der Waals surface area contributed by atoms with Crippen molar-refractivity contribution < 1.29 is 9.47 Å². The van der Waals surface area contributed by atoms with Gasteiger partial charge in [-0.05, 0) is 30.3 Å². The topological polar surface area (TPSA) is 65.7 Å². The first-order chi connectivity index (χ1) is 11.2. The second kappa shape index (κ2) is 4.95. The summed E-state index contributed by atoms with van der Waals surface area (Å²) >= 11 is 0. The van der Waals surface area contributed by atoms with Crippen LogP contribution in [0.15, 0.2) is 47.4 Å². The number of nitrogens with zero attached hydrogens (tertiary/aromatic N) is 3. The predicted molar refractivity (Wildman–Crippen MR) is 87.4 cm³/mol. The number of hydrogen-bond donors (Lipinski definition) is 0. The highest BCUT2D eigenvalue weighted by molar-refractivity contribution is 5.95. The van der Waals surface area contributed by atoms with Crippen LogP contribution in [-0.2, 0) is 0 Å². The third-order valence-corrected chi connectivity index (χ3v) is 3.82. The molecule has 4 aromatic rings. The number of pyridine rings is 2. The summed E-state index contributed by atoms with van der Waals surface area (Å²) in [5.74, 6) is 1.12. The van der Waals surface area contributed by atoms with Crippen molar-refractivity contribution >= 4 is 27.6 Å². The van der Waals surface area contributed by atoms with E-state index in [1.807, 2.05) is 12.1 Å². The lowest BCUT2D eigenvalue weighted by molar-refractivity contribution is 0.358. The quantitative estimate of drug-likeness (QED) is 0.532. The highest BCUT2D eigenvalue weighted by Crippen LogP contribution is 2.34. The highest BCUT2D eigenvalue weighted by Gasteiger charge is 2.14. The van der Waals surface area contributed by atoms with Crippen LogP contribution in [0.3, 0.4) is 0 Å². The lowest BCUT2D eigenvalue weighted by Gasteiger charge is -2.10. The van der Waals surface area contributed by atoms with E-state index in [0.717, 1.165) is 5.39 Å². The molecule has 0 amide bonds. The predicted octanol–water partition coefficient (Wildman–Crippen LogP) is 2.41. The molecule has 3 heterocycles. The van der Waals surface area contributed by atoms with E-state index in [-0.39, 0.29) is 5.56 Å². The van der Waals surface area contributed by atoms with Crippen molar-refractivity contribution in [1.82, 2.24) is 14.4 Å². The van der Waals surface area contributed by atoms with Crippen LogP contribution < -0.4 is 15.0 Å². The average Bonchev–Trinajstić information content (AvgIpc) is 2.59. The van der Waals surface area contributed by atoms with Gasteiger partial charge in [0, 0.05) is 11.6 Å². The monoisotopic (exact) mass is 307 g/mol. The standard InChI is InChI=1S/C17H13N3O3/c1-22-12-7-6-10-9-11-16(19-14(10)15(12)23-2)18-13-5-3-4-8-20(13)17(11)21/h3-9H,1-2H3. The molecule has 0 radical (unpaired) electrons. The van der Waals surface area contributed by atoms with Gasteiger partial charge in [0.25, 0.3) is 5.56 Å². The number of methoxy groups -OCH3 is 2. The van der Waals surface area contributed by atoms with Gasteiger partial charge in [-0.1, -0.05) is 6.07 Å². The van der Waals surface area contributed by atoms with Gasteiger partial charge in [0.05, 0.1) is 19.6 Å². The van der Waals surface area contributed by atoms with Crippen LogP contribution in [0.2, 0.25) is 0 Å². The molecule has 6 heteroatoms. The van der Waals surface area contributed by atoms with Gasteiger partial charge in [-0.15, -0.1) is 0 Å². The lowest BCUT2D eigenvalue weighted by Crippen LogP contribution is -2.15. The van der Waals surface area contributed by atoms with Crippen LogP contribution in [-0.4, -0.2) is 28.6 Å². The lowest BCUT2D eigenvalue weighted by atomic mass is 10.1. The van der Waals surface area contributed by atoms with Crippen molar-refractivity contribution in [3.63, 3.8) is 0 Å². The minimum absolute atomic E-state index is 0.144. The van der Waals surface area contributed by atoms with Crippen molar-refractivity contribution in [1.29, 1.82) is 0 Å². The third-order valence-electron chi connectivity index (χ3n) is 3.82. The molecule has 1 aromatic carbocycles. The van der Waals surface area contributed by atoms with Gasteiger partial charge in [0.2, 0.25) is 0 Å².